The Labute approximate surface area is 106 Å². The number of hydrogen-bond acceptors (Lipinski definition) is 5. The highest BCUT2D eigenvalue weighted by atomic mass is 32.2. The van der Waals surface area contributed by atoms with E-state index in [1.165, 1.54) is 0 Å². The lowest BCUT2D eigenvalue weighted by molar-refractivity contribution is 0.219. The molecule has 0 aliphatic carbocycles. The van der Waals surface area contributed by atoms with Gasteiger partial charge in [-0.3, -0.25) is 4.90 Å². The molecule has 0 fully saturated rings. The van der Waals surface area contributed by atoms with E-state index in [0.717, 1.165) is 17.9 Å². The average molecular weight is 254 g/mol. The lowest BCUT2D eigenvalue weighted by Gasteiger charge is -2.34. The Hall–Kier alpha value is -1.17. The Bertz CT molecular complexity index is 387. The summed E-state index contributed by atoms with van der Waals surface area (Å²) in [4.78, 5) is 10.3. The number of thioether (sulfide) groups is 1. The standard InChI is InChI=1S/C11H18N4OS/c1-4-7(5-2)15-10-9(14-11(15)16)12-6-8(13-10)17-3/h6-7,10,13H,4-5H2,1-3H3,(H,12,14,16). The van der Waals surface area contributed by atoms with Crippen molar-refractivity contribution in [3.63, 3.8) is 0 Å². The number of fused-ring (bicyclic) bond motifs is 1. The van der Waals surface area contributed by atoms with Crippen LogP contribution in [-0.4, -0.2) is 40.3 Å². The molecule has 1 unspecified atom stereocenters. The van der Waals surface area contributed by atoms with Gasteiger partial charge in [0.25, 0.3) is 6.02 Å². The van der Waals surface area contributed by atoms with Crippen LogP contribution in [0.3, 0.4) is 0 Å². The molecule has 94 valence electrons. The first-order chi connectivity index (χ1) is 8.21. The van der Waals surface area contributed by atoms with Crippen molar-refractivity contribution >= 4 is 23.6 Å². The summed E-state index contributed by atoms with van der Waals surface area (Å²) in [5, 5.41) is 14.3. The second-order valence-electron chi connectivity index (χ2n) is 4.02. The molecule has 6 heteroatoms. The molecule has 5 nitrogen and oxygen atoms in total. The Kier molecular flexibility index (Phi) is 3.61. The van der Waals surface area contributed by atoms with E-state index in [9.17, 15) is 5.11 Å². The zero-order valence-electron chi connectivity index (χ0n) is 10.3. The summed E-state index contributed by atoms with van der Waals surface area (Å²) in [5.41, 5.74) is 0. The molecule has 17 heavy (non-hydrogen) atoms. The van der Waals surface area contributed by atoms with Gasteiger partial charge in [0.05, 0.1) is 11.2 Å². The van der Waals surface area contributed by atoms with E-state index in [2.05, 4.69) is 29.1 Å². The largest absolute Gasteiger partial charge is 0.480 e. The van der Waals surface area contributed by atoms with Crippen molar-refractivity contribution in [3.05, 3.63) is 11.2 Å². The molecule has 0 spiro atoms. The summed E-state index contributed by atoms with van der Waals surface area (Å²) in [6, 6.07) is 0.357. The molecule has 0 bridgehead atoms. The van der Waals surface area contributed by atoms with Crippen molar-refractivity contribution in [3.8, 4) is 0 Å². The molecule has 0 saturated heterocycles. The maximum absolute atomic E-state index is 9.94. The number of aliphatic hydroxyl groups excluding tert-OH is 1. The maximum Gasteiger partial charge on any atom is 0.293 e. The quantitative estimate of drug-likeness (QED) is 0.804. The van der Waals surface area contributed by atoms with Gasteiger partial charge in [-0.05, 0) is 19.1 Å². The third kappa shape index (κ3) is 2.13. The molecule has 2 N–H and O–H groups in total. The normalized spacial score (nSPS) is 22.9. The highest BCUT2D eigenvalue weighted by Gasteiger charge is 2.38. The molecule has 2 aliphatic heterocycles. The van der Waals surface area contributed by atoms with Crippen LogP contribution in [0.25, 0.3) is 0 Å². The van der Waals surface area contributed by atoms with Crippen LogP contribution in [0.1, 0.15) is 26.7 Å². The molecule has 0 radical (unpaired) electrons. The first kappa shape index (κ1) is 12.3. The van der Waals surface area contributed by atoms with Crippen LogP contribution in [0.2, 0.25) is 0 Å². The lowest BCUT2D eigenvalue weighted by Crippen LogP contribution is -2.52. The fourth-order valence-electron chi connectivity index (χ4n) is 2.16. The minimum Gasteiger partial charge on any atom is -0.480 e. The number of aliphatic imine (C=N–C) groups is 2. The van der Waals surface area contributed by atoms with Gasteiger partial charge in [-0.1, -0.05) is 13.8 Å². The van der Waals surface area contributed by atoms with E-state index >= 15 is 0 Å². The molecule has 2 aliphatic rings. The summed E-state index contributed by atoms with van der Waals surface area (Å²) in [6.45, 7) is 4.23. The van der Waals surface area contributed by atoms with Crippen molar-refractivity contribution < 1.29 is 5.11 Å². The molecule has 0 aromatic carbocycles. The second-order valence-corrected chi connectivity index (χ2v) is 4.87. The summed E-state index contributed by atoms with van der Waals surface area (Å²) >= 11 is 1.61. The Morgan fingerprint density at radius 1 is 1.53 bits per heavy atom. The van der Waals surface area contributed by atoms with Crippen LogP contribution < -0.4 is 5.32 Å². The van der Waals surface area contributed by atoms with Gasteiger partial charge in [0.15, 0.2) is 12.0 Å². The molecule has 0 aromatic rings. The predicted molar refractivity (Wildman–Crippen MR) is 72.2 cm³/mol. The molecular weight excluding hydrogens is 236 g/mol. The molecule has 1 atom stereocenters. The van der Waals surface area contributed by atoms with Gasteiger partial charge >= 0.3 is 0 Å². The van der Waals surface area contributed by atoms with Gasteiger partial charge in [-0.25, -0.2) is 4.99 Å². The van der Waals surface area contributed by atoms with Crippen molar-refractivity contribution in [1.82, 2.24) is 10.2 Å². The van der Waals surface area contributed by atoms with Gasteiger partial charge in [-0.2, -0.15) is 4.99 Å². The van der Waals surface area contributed by atoms with E-state index in [0.29, 0.717) is 5.84 Å². The highest BCUT2D eigenvalue weighted by Crippen LogP contribution is 2.24. The SMILES string of the molecule is CCC(CC)N1C(O)=NC2=NC=C(SC)NC21. The van der Waals surface area contributed by atoms with E-state index in [1.807, 2.05) is 11.2 Å². The Balaban J connectivity index is 2.24. The zero-order chi connectivity index (χ0) is 12.4. The molecule has 2 rings (SSSR count). The number of nitrogens with zero attached hydrogens (tertiary/aromatic N) is 3. The predicted octanol–water partition coefficient (Wildman–Crippen LogP) is 1.89. The van der Waals surface area contributed by atoms with Crippen LogP contribution in [-0.2, 0) is 0 Å². The Morgan fingerprint density at radius 2 is 2.24 bits per heavy atom. The van der Waals surface area contributed by atoms with Gasteiger partial charge in [0.1, 0.15) is 0 Å². The number of hydrogen-bond donors (Lipinski definition) is 2. The van der Waals surface area contributed by atoms with Gasteiger partial charge in [0, 0.05) is 6.04 Å². The number of aliphatic hydroxyl groups is 1. The number of rotatable bonds is 4. The van der Waals surface area contributed by atoms with Crippen LogP contribution in [0.5, 0.6) is 0 Å². The summed E-state index contributed by atoms with van der Waals surface area (Å²) in [5.74, 6) is 0.646. The van der Waals surface area contributed by atoms with Gasteiger partial charge < -0.3 is 10.4 Å². The van der Waals surface area contributed by atoms with E-state index < -0.39 is 0 Å². The fourth-order valence-corrected chi connectivity index (χ4v) is 2.55. The van der Waals surface area contributed by atoms with E-state index in [-0.39, 0.29) is 18.2 Å². The highest BCUT2D eigenvalue weighted by molar-refractivity contribution is 8.02. The van der Waals surface area contributed by atoms with Crippen LogP contribution in [0, 0.1) is 0 Å². The summed E-state index contributed by atoms with van der Waals surface area (Å²) in [6.07, 6.45) is 5.58. The zero-order valence-corrected chi connectivity index (χ0v) is 11.2. The summed E-state index contributed by atoms with van der Waals surface area (Å²) in [7, 11) is 0. The second kappa shape index (κ2) is 5.00. The molecular formula is C11H18N4OS. The van der Waals surface area contributed by atoms with Crippen molar-refractivity contribution in [2.24, 2.45) is 9.98 Å². The van der Waals surface area contributed by atoms with Crippen molar-refractivity contribution in [2.45, 2.75) is 38.9 Å². The summed E-state index contributed by atoms with van der Waals surface area (Å²) < 4.78 is 0. The number of amidine groups is 2. The van der Waals surface area contributed by atoms with Crippen molar-refractivity contribution in [2.75, 3.05) is 6.26 Å². The van der Waals surface area contributed by atoms with E-state index in [1.54, 1.807) is 18.0 Å². The number of nitrogens with one attached hydrogen (secondary N) is 1. The fraction of sp³-hybridized carbons (Fsp3) is 0.636. The van der Waals surface area contributed by atoms with Crippen molar-refractivity contribution in [1.29, 1.82) is 0 Å². The van der Waals surface area contributed by atoms with Crippen LogP contribution in [0.4, 0.5) is 0 Å². The monoisotopic (exact) mass is 254 g/mol. The lowest BCUT2D eigenvalue weighted by atomic mass is 10.1. The first-order valence-electron chi connectivity index (χ1n) is 5.85. The molecule has 0 aromatic heterocycles. The molecule has 0 amide bonds. The van der Waals surface area contributed by atoms with Gasteiger partial charge in [-0.15, -0.1) is 11.8 Å². The molecule has 2 heterocycles. The van der Waals surface area contributed by atoms with Crippen LogP contribution in [0.15, 0.2) is 21.2 Å². The minimum absolute atomic E-state index is 0.0747. The minimum atomic E-state index is -0.118. The third-order valence-corrected chi connectivity index (χ3v) is 3.78. The maximum atomic E-state index is 9.94. The van der Waals surface area contributed by atoms with Crippen LogP contribution >= 0.6 is 11.8 Å². The Morgan fingerprint density at radius 3 is 2.82 bits per heavy atom. The average Bonchev–Trinajstić information content (AvgIpc) is 2.67. The van der Waals surface area contributed by atoms with Gasteiger partial charge in [0.2, 0.25) is 0 Å². The third-order valence-electron chi connectivity index (χ3n) is 3.12. The smallest absolute Gasteiger partial charge is 0.293 e. The molecule has 0 saturated carbocycles. The topological polar surface area (TPSA) is 60.2 Å². The van der Waals surface area contributed by atoms with E-state index in [4.69, 9.17) is 0 Å². The first-order valence-corrected chi connectivity index (χ1v) is 7.08.